The lowest BCUT2D eigenvalue weighted by molar-refractivity contribution is 0.0679. The van der Waals surface area contributed by atoms with Gasteiger partial charge in [-0.15, -0.1) is 0 Å². The summed E-state index contributed by atoms with van der Waals surface area (Å²) in [4.78, 5) is 0. The maximum Gasteiger partial charge on any atom is 0.0990 e. The van der Waals surface area contributed by atoms with E-state index < -0.39 is 0 Å². The van der Waals surface area contributed by atoms with Crippen molar-refractivity contribution in [2.75, 3.05) is 7.11 Å². The lowest BCUT2D eigenvalue weighted by Gasteiger charge is -2.26. The van der Waals surface area contributed by atoms with Gasteiger partial charge in [-0.05, 0) is 24.5 Å². The Bertz CT molecular complexity index is 528. The van der Waals surface area contributed by atoms with Crippen LogP contribution in [-0.4, -0.2) is 13.2 Å². The minimum absolute atomic E-state index is 0.0317. The van der Waals surface area contributed by atoms with Gasteiger partial charge >= 0.3 is 0 Å². The summed E-state index contributed by atoms with van der Waals surface area (Å²) in [5.41, 5.74) is 6.54. The van der Waals surface area contributed by atoms with E-state index in [1.165, 1.54) is 11.1 Å². The van der Waals surface area contributed by atoms with Crippen molar-refractivity contribution in [3.05, 3.63) is 71.3 Å². The molecule has 2 aromatic carbocycles. The summed E-state index contributed by atoms with van der Waals surface area (Å²) in [6.07, 6.45) is 0.757. The molecule has 2 aromatic rings. The molecule has 0 saturated carbocycles. The van der Waals surface area contributed by atoms with E-state index in [4.69, 9.17) is 10.6 Å². The zero-order chi connectivity index (χ0) is 14.4. The number of nitrogens with one attached hydrogen (secondary N) is 1. The molecule has 2 atom stereocenters. The number of hydrogen-bond donors (Lipinski definition) is 2. The van der Waals surface area contributed by atoms with Crippen LogP contribution in [0, 0.1) is 6.92 Å². The van der Waals surface area contributed by atoms with Gasteiger partial charge in [0.2, 0.25) is 0 Å². The average Bonchev–Trinajstić information content (AvgIpc) is 2.48. The lowest BCUT2D eigenvalue weighted by atomic mass is 9.96. The molecular formula is C17H22N2O. The Balaban J connectivity index is 2.18. The molecule has 0 spiro atoms. The summed E-state index contributed by atoms with van der Waals surface area (Å²) in [6, 6.07) is 18.7. The highest BCUT2D eigenvalue weighted by Crippen LogP contribution is 2.23. The van der Waals surface area contributed by atoms with Crippen molar-refractivity contribution >= 4 is 0 Å². The summed E-state index contributed by atoms with van der Waals surface area (Å²) in [7, 11) is 1.72. The van der Waals surface area contributed by atoms with E-state index in [0.717, 1.165) is 12.0 Å². The number of benzene rings is 2. The molecule has 0 amide bonds. The first-order chi connectivity index (χ1) is 9.74. The Labute approximate surface area is 120 Å². The second-order valence-corrected chi connectivity index (χ2v) is 5.03. The fourth-order valence-corrected chi connectivity index (χ4v) is 2.52. The summed E-state index contributed by atoms with van der Waals surface area (Å²) in [5, 5.41) is 0. The third-order valence-corrected chi connectivity index (χ3v) is 3.50. The number of methoxy groups -OCH3 is 1. The minimum Gasteiger partial charge on any atom is -0.375 e. The molecule has 3 nitrogen and oxygen atoms in total. The molecule has 2 unspecified atom stereocenters. The predicted octanol–water partition coefficient (Wildman–Crippen LogP) is 2.76. The van der Waals surface area contributed by atoms with Crippen LogP contribution in [0.5, 0.6) is 0 Å². The van der Waals surface area contributed by atoms with Crippen molar-refractivity contribution in [1.29, 1.82) is 0 Å². The third-order valence-electron chi connectivity index (χ3n) is 3.50. The Morgan fingerprint density at radius 2 is 1.85 bits per heavy atom. The average molecular weight is 270 g/mol. The smallest absolute Gasteiger partial charge is 0.0990 e. The molecular weight excluding hydrogens is 248 g/mol. The topological polar surface area (TPSA) is 47.3 Å². The molecule has 20 heavy (non-hydrogen) atoms. The molecule has 106 valence electrons. The van der Waals surface area contributed by atoms with Gasteiger partial charge in [-0.1, -0.05) is 60.2 Å². The van der Waals surface area contributed by atoms with Gasteiger partial charge in [0.25, 0.3) is 0 Å². The van der Waals surface area contributed by atoms with E-state index in [-0.39, 0.29) is 12.1 Å². The van der Waals surface area contributed by atoms with Gasteiger partial charge in [-0.2, -0.15) is 0 Å². The van der Waals surface area contributed by atoms with Gasteiger partial charge in [0.1, 0.15) is 0 Å². The van der Waals surface area contributed by atoms with Crippen LogP contribution in [0.3, 0.4) is 0 Å². The van der Waals surface area contributed by atoms with Crippen LogP contribution in [0.1, 0.15) is 22.8 Å². The minimum atomic E-state index is -0.0679. The van der Waals surface area contributed by atoms with Crippen LogP contribution >= 0.6 is 0 Å². The molecule has 0 aliphatic rings. The summed E-state index contributed by atoms with van der Waals surface area (Å²) in [5.74, 6) is 5.74. The molecule has 0 saturated heterocycles. The monoisotopic (exact) mass is 270 g/mol. The van der Waals surface area contributed by atoms with Crippen LogP contribution in [0.2, 0.25) is 0 Å². The zero-order valence-electron chi connectivity index (χ0n) is 12.0. The summed E-state index contributed by atoms with van der Waals surface area (Å²) in [6.45, 7) is 2.10. The highest BCUT2D eigenvalue weighted by atomic mass is 16.5. The van der Waals surface area contributed by atoms with E-state index in [1.54, 1.807) is 7.11 Å². The van der Waals surface area contributed by atoms with Crippen molar-refractivity contribution in [3.63, 3.8) is 0 Å². The number of aryl methyl sites for hydroxylation is 1. The summed E-state index contributed by atoms with van der Waals surface area (Å²) < 4.78 is 5.65. The maximum absolute atomic E-state index is 5.74. The van der Waals surface area contributed by atoms with Gasteiger partial charge < -0.3 is 4.74 Å². The number of ether oxygens (including phenoxy) is 1. The Morgan fingerprint density at radius 3 is 2.45 bits per heavy atom. The van der Waals surface area contributed by atoms with E-state index in [0.29, 0.717) is 0 Å². The predicted molar refractivity (Wildman–Crippen MR) is 82.2 cm³/mol. The van der Waals surface area contributed by atoms with E-state index in [2.05, 4.69) is 48.7 Å². The van der Waals surface area contributed by atoms with Gasteiger partial charge in [0, 0.05) is 7.11 Å². The van der Waals surface area contributed by atoms with Crippen molar-refractivity contribution in [3.8, 4) is 0 Å². The molecule has 3 heteroatoms. The maximum atomic E-state index is 5.74. The molecule has 0 radical (unpaired) electrons. The largest absolute Gasteiger partial charge is 0.375 e. The van der Waals surface area contributed by atoms with E-state index >= 15 is 0 Å². The lowest BCUT2D eigenvalue weighted by Crippen LogP contribution is -2.42. The second-order valence-electron chi connectivity index (χ2n) is 5.03. The second kappa shape index (κ2) is 7.20. The number of rotatable bonds is 6. The summed E-state index contributed by atoms with van der Waals surface area (Å²) >= 11 is 0. The number of hydrazine groups is 1. The Morgan fingerprint density at radius 1 is 1.10 bits per heavy atom. The molecule has 0 fully saturated rings. The SMILES string of the molecule is COC(c1ccccc1)C(Cc1cccc(C)c1)NN. The number of nitrogens with two attached hydrogens (primary N) is 1. The first-order valence-electron chi connectivity index (χ1n) is 6.84. The normalized spacial score (nSPS) is 13.9. The van der Waals surface area contributed by atoms with Crippen LogP contribution in [0.15, 0.2) is 54.6 Å². The fraction of sp³-hybridized carbons (Fsp3) is 0.294. The van der Waals surface area contributed by atoms with Gasteiger partial charge in [0.15, 0.2) is 0 Å². The van der Waals surface area contributed by atoms with Gasteiger partial charge in [0.05, 0.1) is 12.1 Å². The van der Waals surface area contributed by atoms with Crippen LogP contribution in [0.25, 0.3) is 0 Å². The van der Waals surface area contributed by atoms with Crippen LogP contribution in [0.4, 0.5) is 0 Å². The molecule has 0 bridgehead atoms. The molecule has 0 aliphatic carbocycles. The first-order valence-corrected chi connectivity index (χ1v) is 6.84. The molecule has 0 aromatic heterocycles. The van der Waals surface area contributed by atoms with Crippen molar-refractivity contribution in [1.82, 2.24) is 5.43 Å². The fourth-order valence-electron chi connectivity index (χ4n) is 2.52. The third kappa shape index (κ3) is 3.67. The van der Waals surface area contributed by atoms with E-state index in [9.17, 15) is 0 Å². The van der Waals surface area contributed by atoms with Crippen molar-refractivity contribution in [2.45, 2.75) is 25.5 Å². The number of hydrogen-bond acceptors (Lipinski definition) is 3. The van der Waals surface area contributed by atoms with Gasteiger partial charge in [-0.3, -0.25) is 11.3 Å². The highest BCUT2D eigenvalue weighted by Gasteiger charge is 2.22. The Hall–Kier alpha value is -1.68. The standard InChI is InChI=1S/C17H22N2O/c1-13-7-6-8-14(11-13)12-16(19-18)17(20-2)15-9-4-3-5-10-15/h3-11,16-17,19H,12,18H2,1-2H3. The molecule has 3 N–H and O–H groups in total. The highest BCUT2D eigenvalue weighted by molar-refractivity contribution is 5.25. The van der Waals surface area contributed by atoms with Crippen LogP contribution in [-0.2, 0) is 11.2 Å². The molecule has 2 rings (SSSR count). The Kier molecular flexibility index (Phi) is 5.30. The first kappa shape index (κ1) is 14.7. The van der Waals surface area contributed by atoms with Crippen molar-refractivity contribution in [2.24, 2.45) is 5.84 Å². The zero-order valence-corrected chi connectivity index (χ0v) is 12.0. The van der Waals surface area contributed by atoms with Crippen LogP contribution < -0.4 is 11.3 Å². The van der Waals surface area contributed by atoms with Crippen molar-refractivity contribution < 1.29 is 4.74 Å². The van der Waals surface area contributed by atoms with Gasteiger partial charge in [-0.25, -0.2) is 0 Å². The molecule has 0 heterocycles. The van der Waals surface area contributed by atoms with E-state index in [1.807, 2.05) is 18.2 Å². The quantitative estimate of drug-likeness (QED) is 0.627. The molecule has 0 aliphatic heterocycles.